The van der Waals surface area contributed by atoms with Crippen molar-refractivity contribution in [1.29, 1.82) is 0 Å². The van der Waals surface area contributed by atoms with Gasteiger partial charge in [-0.05, 0) is 58.6 Å². The number of nitrogens with one attached hydrogen (secondary N) is 1. The highest BCUT2D eigenvalue weighted by atomic mass is 16.2. The third-order valence-corrected chi connectivity index (χ3v) is 5.02. The average molecular weight is 361 g/mol. The zero-order valence-corrected chi connectivity index (χ0v) is 16.5. The highest BCUT2D eigenvalue weighted by Gasteiger charge is 2.40. The summed E-state index contributed by atoms with van der Waals surface area (Å²) in [5, 5.41) is 3.19. The Labute approximate surface area is 160 Å². The number of amides is 1. The van der Waals surface area contributed by atoms with Crippen LogP contribution in [0.4, 0.5) is 0 Å². The molecule has 4 heteroatoms. The normalized spacial score (nSPS) is 15.7. The largest absolute Gasteiger partial charge is 0.350 e. The van der Waals surface area contributed by atoms with Gasteiger partial charge in [-0.25, -0.2) is 4.98 Å². The van der Waals surface area contributed by atoms with Crippen molar-refractivity contribution >= 4 is 16.9 Å². The molecule has 1 fully saturated rings. The lowest BCUT2D eigenvalue weighted by molar-refractivity contribution is -0.126. The van der Waals surface area contributed by atoms with Gasteiger partial charge in [0.2, 0.25) is 5.91 Å². The van der Waals surface area contributed by atoms with Crippen molar-refractivity contribution in [2.45, 2.75) is 52.1 Å². The molecule has 27 heavy (non-hydrogen) atoms. The Morgan fingerprint density at radius 2 is 1.78 bits per heavy atom. The third kappa shape index (κ3) is 3.61. The molecule has 2 aromatic carbocycles. The molecule has 1 heterocycles. The number of aromatic nitrogens is 2. The predicted octanol–water partition coefficient (Wildman–Crippen LogP) is 4.88. The first kappa shape index (κ1) is 17.8. The number of benzene rings is 2. The van der Waals surface area contributed by atoms with E-state index in [1.807, 2.05) is 39.0 Å². The van der Waals surface area contributed by atoms with Gasteiger partial charge in [-0.2, -0.15) is 0 Å². The van der Waals surface area contributed by atoms with Gasteiger partial charge in [-0.1, -0.05) is 42.0 Å². The lowest BCUT2D eigenvalue weighted by atomic mass is 10.1. The van der Waals surface area contributed by atoms with Crippen LogP contribution in [-0.2, 0) is 4.79 Å². The molecule has 1 N–H and O–H groups in total. The zero-order valence-electron chi connectivity index (χ0n) is 16.5. The zero-order chi connectivity index (χ0) is 19.2. The molecule has 3 aromatic rings. The van der Waals surface area contributed by atoms with E-state index in [9.17, 15) is 4.79 Å². The maximum absolute atomic E-state index is 13.3. The minimum absolute atomic E-state index is 0.0847. The van der Waals surface area contributed by atoms with E-state index < -0.39 is 0 Å². The minimum atomic E-state index is -0.259. The molecule has 140 valence electrons. The predicted molar refractivity (Wildman–Crippen MR) is 110 cm³/mol. The van der Waals surface area contributed by atoms with E-state index in [1.165, 1.54) is 5.56 Å². The summed E-state index contributed by atoms with van der Waals surface area (Å²) in [6.07, 6.45) is 2.17. The number of carbonyl (C=O) groups excluding carboxylic acids is 1. The van der Waals surface area contributed by atoms with Crippen molar-refractivity contribution in [1.82, 2.24) is 14.9 Å². The summed E-state index contributed by atoms with van der Waals surface area (Å²) >= 11 is 0. The molecule has 0 saturated heterocycles. The van der Waals surface area contributed by atoms with Gasteiger partial charge in [-0.3, -0.25) is 4.79 Å². The number of hydrogen-bond acceptors (Lipinski definition) is 2. The molecule has 4 rings (SSSR count). The van der Waals surface area contributed by atoms with Gasteiger partial charge in [0, 0.05) is 11.1 Å². The molecule has 1 unspecified atom stereocenters. The van der Waals surface area contributed by atoms with Gasteiger partial charge in [0.25, 0.3) is 0 Å². The molecule has 1 aliphatic rings. The monoisotopic (exact) mass is 361 g/mol. The minimum Gasteiger partial charge on any atom is -0.350 e. The van der Waals surface area contributed by atoms with E-state index in [1.54, 1.807) is 0 Å². The Kier molecular flexibility index (Phi) is 4.29. The number of aryl methyl sites for hydroxylation is 1. The van der Waals surface area contributed by atoms with E-state index in [2.05, 4.69) is 47.1 Å². The first-order chi connectivity index (χ1) is 12.8. The van der Waals surface area contributed by atoms with Gasteiger partial charge in [-0.15, -0.1) is 0 Å². The molecule has 0 bridgehead atoms. The van der Waals surface area contributed by atoms with Crippen LogP contribution in [0.25, 0.3) is 22.4 Å². The quantitative estimate of drug-likeness (QED) is 0.720. The van der Waals surface area contributed by atoms with Crippen LogP contribution in [0.1, 0.15) is 45.2 Å². The smallest absolute Gasteiger partial charge is 0.243 e. The molecule has 1 saturated carbocycles. The topological polar surface area (TPSA) is 46.9 Å². The van der Waals surface area contributed by atoms with E-state index in [0.29, 0.717) is 5.92 Å². The number of fused-ring (bicyclic) bond motifs is 1. The Hall–Kier alpha value is -2.62. The molecule has 1 atom stereocenters. The molecule has 0 spiro atoms. The van der Waals surface area contributed by atoms with E-state index >= 15 is 0 Å². The summed E-state index contributed by atoms with van der Waals surface area (Å²) in [6.45, 7) is 8.17. The van der Waals surface area contributed by atoms with Crippen molar-refractivity contribution in [3.63, 3.8) is 0 Å². The summed E-state index contributed by atoms with van der Waals surface area (Å²) in [7, 11) is 0. The van der Waals surface area contributed by atoms with Crippen LogP contribution in [0.15, 0.2) is 48.5 Å². The van der Waals surface area contributed by atoms with Gasteiger partial charge in [0.15, 0.2) is 0 Å². The molecule has 1 aromatic heterocycles. The van der Waals surface area contributed by atoms with Gasteiger partial charge in [0.05, 0.1) is 11.0 Å². The van der Waals surface area contributed by atoms with Crippen molar-refractivity contribution in [2.24, 2.45) is 5.92 Å². The molecule has 0 radical (unpaired) electrons. The highest BCUT2D eigenvalue weighted by molar-refractivity contribution is 5.87. The molecule has 4 nitrogen and oxygen atoms in total. The Balaban J connectivity index is 1.89. The maximum Gasteiger partial charge on any atom is 0.243 e. The number of nitrogens with zero attached hydrogens (tertiary/aromatic N) is 2. The van der Waals surface area contributed by atoms with Crippen molar-refractivity contribution in [2.75, 3.05) is 0 Å². The fraction of sp³-hybridized carbons (Fsp3) is 0.391. The Morgan fingerprint density at radius 1 is 1.11 bits per heavy atom. The molecule has 1 amide bonds. The molecule has 1 aliphatic carbocycles. The van der Waals surface area contributed by atoms with E-state index in [0.717, 1.165) is 35.3 Å². The molecule has 0 aliphatic heterocycles. The second-order valence-electron chi connectivity index (χ2n) is 8.68. The number of para-hydroxylation sites is 2. The molecular formula is C23H27N3O. The van der Waals surface area contributed by atoms with Gasteiger partial charge >= 0.3 is 0 Å². The Bertz CT molecular complexity index is 975. The third-order valence-electron chi connectivity index (χ3n) is 5.02. The van der Waals surface area contributed by atoms with Gasteiger partial charge < -0.3 is 9.88 Å². The number of rotatable bonds is 4. The molecular weight excluding hydrogens is 334 g/mol. The highest BCUT2D eigenvalue weighted by Crippen LogP contribution is 2.43. The fourth-order valence-corrected chi connectivity index (χ4v) is 3.63. The van der Waals surface area contributed by atoms with Crippen LogP contribution in [0.3, 0.4) is 0 Å². The summed E-state index contributed by atoms with van der Waals surface area (Å²) in [4.78, 5) is 18.2. The van der Waals surface area contributed by atoms with Crippen LogP contribution < -0.4 is 5.32 Å². The van der Waals surface area contributed by atoms with Gasteiger partial charge in [0.1, 0.15) is 11.9 Å². The number of carbonyl (C=O) groups is 1. The summed E-state index contributed by atoms with van der Waals surface area (Å²) in [5.74, 6) is 1.33. The van der Waals surface area contributed by atoms with E-state index in [4.69, 9.17) is 4.98 Å². The van der Waals surface area contributed by atoms with Crippen LogP contribution in [-0.4, -0.2) is 21.0 Å². The SMILES string of the molecule is Cc1ccc(-c2nc3ccccc3n2C(C(=O)NC(C)(C)C)C2CC2)cc1. The summed E-state index contributed by atoms with van der Waals surface area (Å²) in [5.41, 5.74) is 3.96. The lowest BCUT2D eigenvalue weighted by Crippen LogP contribution is -2.45. The second kappa shape index (κ2) is 6.52. The lowest BCUT2D eigenvalue weighted by Gasteiger charge is -2.27. The van der Waals surface area contributed by atoms with Crippen molar-refractivity contribution in [3.05, 3.63) is 54.1 Å². The number of hydrogen-bond donors (Lipinski definition) is 1. The number of imidazole rings is 1. The van der Waals surface area contributed by atoms with Crippen LogP contribution >= 0.6 is 0 Å². The average Bonchev–Trinajstić information content (AvgIpc) is 3.35. The van der Waals surface area contributed by atoms with Crippen molar-refractivity contribution in [3.8, 4) is 11.4 Å². The maximum atomic E-state index is 13.3. The summed E-state index contributed by atoms with van der Waals surface area (Å²) in [6, 6.07) is 16.3. The van der Waals surface area contributed by atoms with Crippen LogP contribution in [0.2, 0.25) is 0 Å². The van der Waals surface area contributed by atoms with Crippen LogP contribution in [0.5, 0.6) is 0 Å². The standard InChI is InChI=1S/C23H27N3O/c1-15-9-11-17(12-10-15)21-24-18-7-5-6-8-19(18)26(21)20(16-13-14-16)22(27)25-23(2,3)4/h5-12,16,20H,13-14H2,1-4H3,(H,25,27). The first-order valence-electron chi connectivity index (χ1n) is 9.69. The second-order valence-corrected chi connectivity index (χ2v) is 8.68. The fourth-order valence-electron chi connectivity index (χ4n) is 3.63. The first-order valence-corrected chi connectivity index (χ1v) is 9.69. The van der Waals surface area contributed by atoms with Crippen molar-refractivity contribution < 1.29 is 4.79 Å². The van der Waals surface area contributed by atoms with Crippen LogP contribution in [0, 0.1) is 12.8 Å². The Morgan fingerprint density at radius 3 is 2.41 bits per heavy atom. The summed E-state index contributed by atoms with van der Waals surface area (Å²) < 4.78 is 2.17. The van der Waals surface area contributed by atoms with E-state index in [-0.39, 0.29) is 17.5 Å².